The van der Waals surface area contributed by atoms with Crippen molar-refractivity contribution in [2.24, 2.45) is 0 Å². The maximum absolute atomic E-state index is 12.3. The molecule has 0 radical (unpaired) electrons. The van der Waals surface area contributed by atoms with E-state index in [0.717, 1.165) is 49.7 Å². The molecule has 0 unspecified atom stereocenters. The van der Waals surface area contributed by atoms with Crippen LogP contribution in [-0.2, 0) is 0 Å². The standard InChI is InChI=1S/C19H21N7O/c27-18(17-14-23-15-4-1-2-5-16(15)24-17)20-8-9-25-10-12-26(13-11-25)19-21-6-3-7-22-19/h1-7,14H,8-13H2,(H,20,27). The minimum Gasteiger partial charge on any atom is -0.349 e. The van der Waals surface area contributed by atoms with Crippen LogP contribution in [0, 0.1) is 0 Å². The molecule has 1 aromatic carbocycles. The van der Waals surface area contributed by atoms with Gasteiger partial charge in [-0.1, -0.05) is 12.1 Å². The molecule has 1 amide bonds. The van der Waals surface area contributed by atoms with Crippen molar-refractivity contribution in [2.75, 3.05) is 44.2 Å². The molecule has 3 heterocycles. The normalized spacial score (nSPS) is 15.0. The predicted molar refractivity (Wildman–Crippen MR) is 103 cm³/mol. The highest BCUT2D eigenvalue weighted by atomic mass is 16.1. The topological polar surface area (TPSA) is 87.1 Å². The first-order valence-electron chi connectivity index (χ1n) is 9.04. The van der Waals surface area contributed by atoms with Crippen LogP contribution < -0.4 is 10.2 Å². The zero-order valence-corrected chi connectivity index (χ0v) is 15.0. The van der Waals surface area contributed by atoms with Gasteiger partial charge in [0.2, 0.25) is 5.95 Å². The Morgan fingerprint density at radius 2 is 1.70 bits per heavy atom. The molecule has 1 N–H and O–H groups in total. The van der Waals surface area contributed by atoms with E-state index in [9.17, 15) is 4.79 Å². The number of benzene rings is 1. The van der Waals surface area contributed by atoms with E-state index in [1.54, 1.807) is 12.4 Å². The zero-order valence-electron chi connectivity index (χ0n) is 15.0. The second-order valence-electron chi connectivity index (χ2n) is 6.38. The number of aromatic nitrogens is 4. The Labute approximate surface area is 157 Å². The van der Waals surface area contributed by atoms with Crippen molar-refractivity contribution < 1.29 is 4.79 Å². The Morgan fingerprint density at radius 1 is 0.963 bits per heavy atom. The van der Waals surface area contributed by atoms with Gasteiger partial charge < -0.3 is 10.2 Å². The molecule has 0 aliphatic carbocycles. The number of nitrogens with zero attached hydrogens (tertiary/aromatic N) is 6. The van der Waals surface area contributed by atoms with Crippen LogP contribution in [0.2, 0.25) is 0 Å². The highest BCUT2D eigenvalue weighted by Gasteiger charge is 2.18. The average molecular weight is 363 g/mol. The minimum absolute atomic E-state index is 0.190. The molecule has 1 aliphatic rings. The van der Waals surface area contributed by atoms with Crippen molar-refractivity contribution in [3.63, 3.8) is 0 Å². The van der Waals surface area contributed by atoms with Crippen molar-refractivity contribution in [1.29, 1.82) is 0 Å². The number of fused-ring (bicyclic) bond motifs is 1. The van der Waals surface area contributed by atoms with Gasteiger partial charge in [0.05, 0.1) is 17.2 Å². The first-order chi connectivity index (χ1) is 13.3. The van der Waals surface area contributed by atoms with Crippen molar-refractivity contribution >= 4 is 22.9 Å². The molecule has 27 heavy (non-hydrogen) atoms. The summed E-state index contributed by atoms with van der Waals surface area (Å²) in [5, 5.41) is 2.93. The largest absolute Gasteiger partial charge is 0.349 e. The molecule has 0 saturated carbocycles. The van der Waals surface area contributed by atoms with Gasteiger partial charge in [-0.3, -0.25) is 14.7 Å². The number of amides is 1. The van der Waals surface area contributed by atoms with Crippen LogP contribution in [-0.4, -0.2) is 70.0 Å². The number of carbonyl (C=O) groups is 1. The smallest absolute Gasteiger partial charge is 0.271 e. The van der Waals surface area contributed by atoms with Gasteiger partial charge in [0, 0.05) is 51.7 Å². The van der Waals surface area contributed by atoms with Gasteiger partial charge in [0.15, 0.2) is 0 Å². The van der Waals surface area contributed by atoms with Gasteiger partial charge in [-0.05, 0) is 18.2 Å². The van der Waals surface area contributed by atoms with Crippen LogP contribution in [0.15, 0.2) is 48.9 Å². The minimum atomic E-state index is -0.190. The van der Waals surface area contributed by atoms with Gasteiger partial charge in [-0.2, -0.15) is 0 Å². The molecule has 8 heteroatoms. The number of nitrogens with one attached hydrogen (secondary N) is 1. The van der Waals surface area contributed by atoms with E-state index in [1.807, 2.05) is 30.3 Å². The van der Waals surface area contributed by atoms with Crippen LogP contribution in [0.4, 0.5) is 5.95 Å². The summed E-state index contributed by atoms with van der Waals surface area (Å²) in [6.45, 7) is 4.99. The molecule has 0 atom stereocenters. The van der Waals surface area contributed by atoms with Crippen LogP contribution >= 0.6 is 0 Å². The zero-order chi connectivity index (χ0) is 18.5. The number of piperazine rings is 1. The third-order valence-electron chi connectivity index (χ3n) is 4.60. The highest BCUT2D eigenvalue weighted by molar-refractivity contribution is 5.93. The molecule has 1 saturated heterocycles. The fourth-order valence-corrected chi connectivity index (χ4v) is 3.11. The molecule has 8 nitrogen and oxygen atoms in total. The summed E-state index contributed by atoms with van der Waals surface area (Å²) in [7, 11) is 0. The summed E-state index contributed by atoms with van der Waals surface area (Å²) in [6, 6.07) is 9.35. The summed E-state index contributed by atoms with van der Waals surface area (Å²) in [6.07, 6.45) is 5.05. The van der Waals surface area contributed by atoms with Crippen LogP contribution in [0.5, 0.6) is 0 Å². The molecule has 4 rings (SSSR count). The summed E-state index contributed by atoms with van der Waals surface area (Å²) >= 11 is 0. The van der Waals surface area contributed by atoms with E-state index < -0.39 is 0 Å². The summed E-state index contributed by atoms with van der Waals surface area (Å²) in [5.41, 5.74) is 1.86. The van der Waals surface area contributed by atoms with Crippen molar-refractivity contribution in [3.8, 4) is 0 Å². The first kappa shape index (κ1) is 17.3. The Bertz CT molecular complexity index is 910. The summed E-state index contributed by atoms with van der Waals surface area (Å²) < 4.78 is 0. The Balaban J connectivity index is 1.24. The first-order valence-corrected chi connectivity index (χ1v) is 9.04. The molecule has 0 spiro atoms. The number of rotatable bonds is 5. The van der Waals surface area contributed by atoms with Crippen molar-refractivity contribution in [2.45, 2.75) is 0 Å². The third kappa shape index (κ3) is 4.17. The van der Waals surface area contributed by atoms with Gasteiger partial charge in [0.1, 0.15) is 5.69 Å². The summed E-state index contributed by atoms with van der Waals surface area (Å²) in [5.74, 6) is 0.588. The van der Waals surface area contributed by atoms with Gasteiger partial charge in [-0.25, -0.2) is 15.0 Å². The SMILES string of the molecule is O=C(NCCN1CCN(c2ncccn2)CC1)c1cnc2ccccc2n1. The second kappa shape index (κ2) is 8.05. The van der Waals surface area contributed by atoms with E-state index in [4.69, 9.17) is 0 Å². The molecular weight excluding hydrogens is 342 g/mol. The molecule has 1 aliphatic heterocycles. The van der Waals surface area contributed by atoms with Crippen molar-refractivity contribution in [3.05, 3.63) is 54.6 Å². The maximum atomic E-state index is 12.3. The van der Waals surface area contributed by atoms with Gasteiger partial charge >= 0.3 is 0 Å². The predicted octanol–water partition coefficient (Wildman–Crippen LogP) is 0.972. The fourth-order valence-electron chi connectivity index (χ4n) is 3.11. The molecular formula is C19H21N7O. The lowest BCUT2D eigenvalue weighted by atomic mass is 10.3. The molecule has 138 valence electrons. The average Bonchev–Trinajstić information content (AvgIpc) is 2.74. The molecule has 3 aromatic rings. The number of hydrogen-bond acceptors (Lipinski definition) is 7. The van der Waals surface area contributed by atoms with E-state index >= 15 is 0 Å². The second-order valence-corrected chi connectivity index (χ2v) is 6.38. The van der Waals surface area contributed by atoms with Crippen molar-refractivity contribution in [1.82, 2.24) is 30.2 Å². The Kier molecular flexibility index (Phi) is 5.15. The van der Waals surface area contributed by atoms with Gasteiger partial charge in [0.25, 0.3) is 5.91 Å². The van der Waals surface area contributed by atoms with E-state index in [1.165, 1.54) is 6.20 Å². The van der Waals surface area contributed by atoms with Crippen LogP contribution in [0.1, 0.15) is 10.5 Å². The molecule has 1 fully saturated rings. The third-order valence-corrected chi connectivity index (χ3v) is 4.60. The number of hydrogen-bond donors (Lipinski definition) is 1. The molecule has 2 aromatic heterocycles. The monoisotopic (exact) mass is 363 g/mol. The Morgan fingerprint density at radius 3 is 2.48 bits per heavy atom. The molecule has 0 bridgehead atoms. The Hall–Kier alpha value is -3.13. The van der Waals surface area contributed by atoms with E-state index in [-0.39, 0.29) is 5.91 Å². The lowest BCUT2D eigenvalue weighted by Crippen LogP contribution is -2.49. The number of carbonyl (C=O) groups excluding carboxylic acids is 1. The maximum Gasteiger partial charge on any atom is 0.271 e. The highest BCUT2D eigenvalue weighted by Crippen LogP contribution is 2.10. The fraction of sp³-hybridized carbons (Fsp3) is 0.316. The van der Waals surface area contributed by atoms with E-state index in [2.05, 4.69) is 35.1 Å². The number of para-hydroxylation sites is 2. The lowest BCUT2D eigenvalue weighted by Gasteiger charge is -2.34. The quantitative estimate of drug-likeness (QED) is 0.723. The summed E-state index contributed by atoms with van der Waals surface area (Å²) in [4.78, 5) is 34.1. The lowest BCUT2D eigenvalue weighted by molar-refractivity contribution is 0.0943. The van der Waals surface area contributed by atoms with Crippen LogP contribution in [0.3, 0.4) is 0 Å². The van der Waals surface area contributed by atoms with Gasteiger partial charge in [-0.15, -0.1) is 0 Å². The van der Waals surface area contributed by atoms with Crippen LogP contribution in [0.25, 0.3) is 11.0 Å². The van der Waals surface area contributed by atoms with E-state index in [0.29, 0.717) is 12.2 Å². The number of anilines is 1.